The van der Waals surface area contributed by atoms with Gasteiger partial charge in [0.1, 0.15) is 4.75 Å². The van der Waals surface area contributed by atoms with E-state index < -0.39 is 4.75 Å². The van der Waals surface area contributed by atoms with E-state index in [2.05, 4.69) is 12.6 Å². The van der Waals surface area contributed by atoms with E-state index in [-0.39, 0.29) is 5.97 Å². The summed E-state index contributed by atoms with van der Waals surface area (Å²) in [6.07, 6.45) is 1.74. The molecule has 52 valence electrons. The summed E-state index contributed by atoms with van der Waals surface area (Å²) in [6.45, 7) is 2.26. The minimum Gasteiger partial charge on any atom is -0.465 e. The molecule has 9 heavy (non-hydrogen) atoms. The van der Waals surface area contributed by atoms with Crippen molar-refractivity contribution in [3.63, 3.8) is 0 Å². The summed E-state index contributed by atoms with van der Waals surface area (Å²) in [4.78, 5) is 10.8. The number of carbonyl (C=O) groups is 1. The average Bonchev–Trinajstić information content (AvgIpc) is 2.50. The van der Waals surface area contributed by atoms with Gasteiger partial charge in [-0.15, -0.1) is 0 Å². The van der Waals surface area contributed by atoms with Gasteiger partial charge in [0.25, 0.3) is 0 Å². The van der Waals surface area contributed by atoms with Gasteiger partial charge in [-0.2, -0.15) is 12.6 Å². The Kier molecular flexibility index (Phi) is 1.70. The number of thiol groups is 1. The zero-order valence-electron chi connectivity index (χ0n) is 5.39. The van der Waals surface area contributed by atoms with Crippen LogP contribution in [0.1, 0.15) is 19.8 Å². The minimum atomic E-state index is -0.407. The average molecular weight is 146 g/mol. The number of esters is 1. The number of carbonyl (C=O) groups excluding carboxylic acids is 1. The smallest absolute Gasteiger partial charge is 0.321 e. The maximum Gasteiger partial charge on any atom is 0.321 e. The molecule has 0 amide bonds. The number of hydrogen-bond donors (Lipinski definition) is 1. The lowest BCUT2D eigenvalue weighted by Gasteiger charge is -2.04. The molecular formula is C6H10O2S. The van der Waals surface area contributed by atoms with Gasteiger partial charge in [-0.05, 0) is 19.8 Å². The van der Waals surface area contributed by atoms with Gasteiger partial charge in [0.05, 0.1) is 6.61 Å². The van der Waals surface area contributed by atoms with Crippen molar-refractivity contribution in [1.29, 1.82) is 0 Å². The third kappa shape index (κ3) is 1.39. The van der Waals surface area contributed by atoms with E-state index in [0.29, 0.717) is 6.61 Å². The normalized spacial score (nSPS) is 21.1. The lowest BCUT2D eigenvalue weighted by Crippen LogP contribution is -2.18. The quantitative estimate of drug-likeness (QED) is 0.465. The second-order valence-electron chi connectivity index (χ2n) is 2.25. The van der Waals surface area contributed by atoms with Crippen molar-refractivity contribution in [2.45, 2.75) is 24.5 Å². The molecule has 0 heterocycles. The molecule has 1 aliphatic carbocycles. The van der Waals surface area contributed by atoms with Crippen LogP contribution in [0.5, 0.6) is 0 Å². The highest BCUT2D eigenvalue weighted by atomic mass is 32.1. The highest BCUT2D eigenvalue weighted by molar-refractivity contribution is 7.83. The van der Waals surface area contributed by atoms with Crippen LogP contribution in [0.4, 0.5) is 0 Å². The molecule has 0 unspecified atom stereocenters. The lowest BCUT2D eigenvalue weighted by molar-refractivity contribution is -0.143. The minimum absolute atomic E-state index is 0.159. The summed E-state index contributed by atoms with van der Waals surface area (Å²) < 4.78 is 4.35. The van der Waals surface area contributed by atoms with Crippen LogP contribution in [0.25, 0.3) is 0 Å². The van der Waals surface area contributed by atoms with Gasteiger partial charge < -0.3 is 4.74 Å². The molecule has 0 aromatic heterocycles. The van der Waals surface area contributed by atoms with E-state index in [1.807, 2.05) is 0 Å². The summed E-state index contributed by atoms with van der Waals surface area (Å²) in [6, 6.07) is 0. The zero-order chi connectivity index (χ0) is 6.91. The standard InChI is InChI=1S/C6H10O2S/c1-2-8-5(7)6(9)3-4-6/h9H,2-4H2,1H3. The Morgan fingerprint density at radius 2 is 2.33 bits per heavy atom. The Hall–Kier alpha value is -0.180. The molecule has 0 aromatic rings. The second-order valence-corrected chi connectivity index (χ2v) is 3.11. The summed E-state index contributed by atoms with van der Waals surface area (Å²) in [5, 5.41) is 0. The van der Waals surface area contributed by atoms with Gasteiger partial charge in [-0.3, -0.25) is 4.79 Å². The third-order valence-corrected chi connectivity index (χ3v) is 2.01. The largest absolute Gasteiger partial charge is 0.465 e. The number of rotatable bonds is 2. The van der Waals surface area contributed by atoms with Crippen molar-refractivity contribution >= 4 is 18.6 Å². The molecule has 0 aromatic carbocycles. The van der Waals surface area contributed by atoms with E-state index in [0.717, 1.165) is 12.8 Å². The van der Waals surface area contributed by atoms with Crippen molar-refractivity contribution in [2.75, 3.05) is 6.61 Å². The van der Waals surface area contributed by atoms with E-state index in [1.54, 1.807) is 6.92 Å². The molecule has 0 saturated heterocycles. The van der Waals surface area contributed by atoms with Crippen molar-refractivity contribution in [3.05, 3.63) is 0 Å². The van der Waals surface area contributed by atoms with E-state index in [4.69, 9.17) is 4.74 Å². The zero-order valence-corrected chi connectivity index (χ0v) is 6.28. The van der Waals surface area contributed by atoms with Crippen molar-refractivity contribution < 1.29 is 9.53 Å². The van der Waals surface area contributed by atoms with Crippen LogP contribution in [-0.2, 0) is 9.53 Å². The second kappa shape index (κ2) is 2.21. The number of hydrogen-bond acceptors (Lipinski definition) is 3. The predicted molar refractivity (Wildman–Crippen MR) is 37.6 cm³/mol. The molecule has 0 aliphatic heterocycles. The fraction of sp³-hybridized carbons (Fsp3) is 0.833. The van der Waals surface area contributed by atoms with Gasteiger partial charge in [-0.25, -0.2) is 0 Å². The highest BCUT2D eigenvalue weighted by Gasteiger charge is 2.47. The molecule has 1 fully saturated rings. The Balaban J connectivity index is 2.34. The molecule has 3 heteroatoms. The molecule has 2 nitrogen and oxygen atoms in total. The molecule has 0 N–H and O–H groups in total. The van der Waals surface area contributed by atoms with Crippen LogP contribution in [-0.4, -0.2) is 17.3 Å². The summed E-state index contributed by atoms with van der Waals surface area (Å²) in [5.74, 6) is -0.159. The summed E-state index contributed by atoms with van der Waals surface area (Å²) >= 11 is 4.12. The molecule has 1 saturated carbocycles. The van der Waals surface area contributed by atoms with Crippen molar-refractivity contribution in [1.82, 2.24) is 0 Å². The van der Waals surface area contributed by atoms with E-state index in [1.165, 1.54) is 0 Å². The Morgan fingerprint density at radius 3 is 2.67 bits per heavy atom. The molecule has 0 spiro atoms. The summed E-state index contributed by atoms with van der Waals surface area (Å²) in [7, 11) is 0. The maximum absolute atomic E-state index is 10.8. The fourth-order valence-electron chi connectivity index (χ4n) is 0.588. The van der Waals surface area contributed by atoms with Gasteiger partial charge in [0, 0.05) is 0 Å². The third-order valence-electron chi connectivity index (χ3n) is 1.38. The van der Waals surface area contributed by atoms with Crippen LogP contribution < -0.4 is 0 Å². The summed E-state index contributed by atoms with van der Waals surface area (Å²) in [5.41, 5.74) is 0. The van der Waals surface area contributed by atoms with Crippen LogP contribution >= 0.6 is 12.6 Å². The molecule has 0 atom stereocenters. The first-order valence-electron chi connectivity index (χ1n) is 3.08. The topological polar surface area (TPSA) is 26.3 Å². The highest BCUT2D eigenvalue weighted by Crippen LogP contribution is 2.42. The van der Waals surface area contributed by atoms with Crippen LogP contribution in [0.2, 0.25) is 0 Å². The Bertz CT molecular complexity index is 129. The molecule has 1 aliphatic rings. The first kappa shape index (κ1) is 6.93. The van der Waals surface area contributed by atoms with Crippen molar-refractivity contribution in [3.8, 4) is 0 Å². The van der Waals surface area contributed by atoms with Gasteiger partial charge in [0.15, 0.2) is 0 Å². The predicted octanol–water partition coefficient (Wildman–Crippen LogP) is 1.01. The number of ether oxygens (including phenoxy) is 1. The first-order valence-corrected chi connectivity index (χ1v) is 3.53. The molecule has 0 radical (unpaired) electrons. The van der Waals surface area contributed by atoms with Gasteiger partial charge >= 0.3 is 5.97 Å². The maximum atomic E-state index is 10.8. The van der Waals surface area contributed by atoms with Gasteiger partial charge in [0.2, 0.25) is 0 Å². The van der Waals surface area contributed by atoms with Crippen molar-refractivity contribution in [2.24, 2.45) is 0 Å². The van der Waals surface area contributed by atoms with Crippen LogP contribution in [0, 0.1) is 0 Å². The van der Waals surface area contributed by atoms with Crippen LogP contribution in [0.15, 0.2) is 0 Å². The van der Waals surface area contributed by atoms with E-state index in [9.17, 15) is 4.79 Å². The van der Waals surface area contributed by atoms with E-state index >= 15 is 0 Å². The Morgan fingerprint density at radius 1 is 1.78 bits per heavy atom. The molecule has 0 bridgehead atoms. The lowest BCUT2D eigenvalue weighted by atomic mass is 10.4. The first-order chi connectivity index (χ1) is 4.19. The molecule has 1 rings (SSSR count). The monoisotopic (exact) mass is 146 g/mol. The fourth-order valence-corrected chi connectivity index (χ4v) is 0.764. The van der Waals surface area contributed by atoms with Crippen LogP contribution in [0.3, 0.4) is 0 Å². The molecular weight excluding hydrogens is 136 g/mol. The SMILES string of the molecule is CCOC(=O)C1(S)CC1. The van der Waals surface area contributed by atoms with Gasteiger partial charge in [-0.1, -0.05) is 0 Å². The Labute approximate surface area is 60.0 Å².